The minimum atomic E-state index is -0.120. The summed E-state index contributed by atoms with van der Waals surface area (Å²) >= 11 is 0. The summed E-state index contributed by atoms with van der Waals surface area (Å²) < 4.78 is 5.04. The van der Waals surface area contributed by atoms with Crippen LogP contribution in [0.3, 0.4) is 0 Å². The molecule has 0 heterocycles. The summed E-state index contributed by atoms with van der Waals surface area (Å²) in [5.74, 6) is 1.26. The Hall–Kier alpha value is -1.06. The fourth-order valence-corrected chi connectivity index (χ4v) is 3.52. The second kappa shape index (κ2) is 4.90. The van der Waals surface area contributed by atoms with Gasteiger partial charge >= 0.3 is 5.97 Å². The molecular formula is C14H23NO3. The van der Waals surface area contributed by atoms with E-state index in [2.05, 4.69) is 19.0 Å². The molecular weight excluding hydrogens is 230 g/mol. The molecule has 3 aliphatic carbocycles. The molecule has 0 amide bonds. The zero-order valence-electron chi connectivity index (χ0n) is 11.7. The fourth-order valence-electron chi connectivity index (χ4n) is 3.52. The topological polar surface area (TPSA) is 47.9 Å². The largest absolute Gasteiger partial charge is 0.466 e. The van der Waals surface area contributed by atoms with Gasteiger partial charge in [0.05, 0.1) is 18.7 Å². The van der Waals surface area contributed by atoms with Crippen molar-refractivity contribution >= 4 is 11.7 Å². The first kappa shape index (κ1) is 13.4. The number of ether oxygens (including phenoxy) is 1. The minimum Gasteiger partial charge on any atom is -0.466 e. The van der Waals surface area contributed by atoms with Crippen molar-refractivity contribution in [2.45, 2.75) is 40.0 Å². The molecule has 0 aromatic carbocycles. The summed E-state index contributed by atoms with van der Waals surface area (Å²) in [5, 5.41) is 4.20. The first-order valence-electron chi connectivity index (χ1n) is 6.77. The molecule has 0 aromatic heterocycles. The Morgan fingerprint density at radius 3 is 2.72 bits per heavy atom. The number of hydrogen-bond acceptors (Lipinski definition) is 4. The molecule has 0 N–H and O–H groups in total. The van der Waals surface area contributed by atoms with E-state index < -0.39 is 0 Å². The summed E-state index contributed by atoms with van der Waals surface area (Å²) in [6, 6.07) is 0. The standard InChI is InChI=1S/C14H23NO3/c1-5-18-12(16)7-9-6-10-8-11(14(10,2)3)13(9)15-17-4/h9-11H,5-8H2,1-4H3/t9-,10+,11+/m1/s1. The van der Waals surface area contributed by atoms with E-state index in [9.17, 15) is 4.79 Å². The maximum Gasteiger partial charge on any atom is 0.306 e. The Labute approximate surface area is 109 Å². The van der Waals surface area contributed by atoms with Gasteiger partial charge in [-0.25, -0.2) is 0 Å². The Morgan fingerprint density at radius 1 is 1.44 bits per heavy atom. The zero-order valence-corrected chi connectivity index (χ0v) is 11.7. The average molecular weight is 253 g/mol. The molecule has 0 radical (unpaired) electrons. The van der Waals surface area contributed by atoms with Crippen molar-refractivity contribution in [2.75, 3.05) is 13.7 Å². The van der Waals surface area contributed by atoms with Crippen LogP contribution in [0.2, 0.25) is 0 Å². The Balaban J connectivity index is 2.08. The smallest absolute Gasteiger partial charge is 0.306 e. The number of fused-ring (bicyclic) bond motifs is 2. The number of rotatable bonds is 4. The third kappa shape index (κ3) is 2.13. The molecule has 3 saturated carbocycles. The van der Waals surface area contributed by atoms with E-state index in [-0.39, 0.29) is 11.9 Å². The SMILES string of the molecule is CCOC(=O)C[C@H]1C[C@H]2C[C@@H](C1=NOC)C2(C)C. The zero-order chi connectivity index (χ0) is 13.3. The van der Waals surface area contributed by atoms with Crippen LogP contribution in [-0.4, -0.2) is 25.4 Å². The molecule has 102 valence electrons. The third-order valence-electron chi connectivity index (χ3n) is 4.73. The second-order valence-corrected chi connectivity index (χ2v) is 5.95. The molecule has 3 rings (SSSR count). The Bertz CT molecular complexity index is 362. The van der Waals surface area contributed by atoms with E-state index in [4.69, 9.17) is 9.57 Å². The molecule has 3 atom stereocenters. The highest BCUT2D eigenvalue weighted by molar-refractivity contribution is 5.94. The van der Waals surface area contributed by atoms with Crippen molar-refractivity contribution in [3.63, 3.8) is 0 Å². The van der Waals surface area contributed by atoms with Gasteiger partial charge in [-0.2, -0.15) is 0 Å². The van der Waals surface area contributed by atoms with Crippen LogP contribution in [0.1, 0.15) is 40.0 Å². The molecule has 4 heteroatoms. The van der Waals surface area contributed by atoms with Crippen LogP contribution in [0.25, 0.3) is 0 Å². The van der Waals surface area contributed by atoms with Gasteiger partial charge in [0.2, 0.25) is 0 Å². The predicted molar refractivity (Wildman–Crippen MR) is 69.2 cm³/mol. The average Bonchev–Trinajstić information content (AvgIpc) is 2.31. The lowest BCUT2D eigenvalue weighted by Gasteiger charge is -2.58. The van der Waals surface area contributed by atoms with Gasteiger partial charge in [-0.15, -0.1) is 0 Å². The van der Waals surface area contributed by atoms with E-state index >= 15 is 0 Å². The summed E-state index contributed by atoms with van der Waals surface area (Å²) in [4.78, 5) is 16.6. The molecule has 0 unspecified atom stereocenters. The third-order valence-corrected chi connectivity index (χ3v) is 4.73. The normalized spacial score (nSPS) is 34.9. The van der Waals surface area contributed by atoms with E-state index in [0.29, 0.717) is 30.3 Å². The van der Waals surface area contributed by atoms with Crippen LogP contribution in [0, 0.1) is 23.2 Å². The highest BCUT2D eigenvalue weighted by Crippen LogP contribution is 2.59. The van der Waals surface area contributed by atoms with E-state index in [1.807, 2.05) is 6.92 Å². The molecule has 3 fully saturated rings. The maximum absolute atomic E-state index is 11.6. The molecule has 18 heavy (non-hydrogen) atoms. The highest BCUT2D eigenvalue weighted by atomic mass is 16.6. The molecule has 2 bridgehead atoms. The second-order valence-electron chi connectivity index (χ2n) is 5.95. The van der Waals surface area contributed by atoms with Gasteiger partial charge in [0.15, 0.2) is 0 Å². The monoisotopic (exact) mass is 253 g/mol. The van der Waals surface area contributed by atoms with Gasteiger partial charge < -0.3 is 9.57 Å². The van der Waals surface area contributed by atoms with Crippen molar-refractivity contribution in [1.29, 1.82) is 0 Å². The first-order chi connectivity index (χ1) is 8.50. The summed E-state index contributed by atoms with van der Waals surface area (Å²) in [7, 11) is 1.58. The lowest BCUT2D eigenvalue weighted by atomic mass is 9.46. The summed E-state index contributed by atoms with van der Waals surface area (Å²) in [6.07, 6.45) is 2.66. The van der Waals surface area contributed by atoms with Crippen LogP contribution in [-0.2, 0) is 14.4 Å². The maximum atomic E-state index is 11.6. The Morgan fingerprint density at radius 2 is 2.17 bits per heavy atom. The van der Waals surface area contributed by atoms with Gasteiger partial charge in [-0.05, 0) is 31.1 Å². The van der Waals surface area contributed by atoms with Gasteiger partial charge in [0.1, 0.15) is 7.11 Å². The summed E-state index contributed by atoms with van der Waals surface area (Å²) in [6.45, 7) is 6.86. The fraction of sp³-hybridized carbons (Fsp3) is 0.857. The highest BCUT2D eigenvalue weighted by Gasteiger charge is 2.56. The molecule has 0 aromatic rings. The molecule has 3 aliphatic rings. The molecule has 0 aliphatic heterocycles. The minimum absolute atomic E-state index is 0.120. The number of oxime groups is 1. The van der Waals surface area contributed by atoms with Gasteiger partial charge in [0, 0.05) is 11.8 Å². The van der Waals surface area contributed by atoms with Crippen molar-refractivity contribution in [2.24, 2.45) is 28.3 Å². The van der Waals surface area contributed by atoms with Gasteiger partial charge in [-0.3, -0.25) is 4.79 Å². The molecule has 0 spiro atoms. The van der Waals surface area contributed by atoms with E-state index in [0.717, 1.165) is 12.1 Å². The molecule has 4 nitrogen and oxygen atoms in total. The predicted octanol–water partition coefficient (Wildman–Crippen LogP) is 2.62. The van der Waals surface area contributed by atoms with Crippen molar-refractivity contribution < 1.29 is 14.4 Å². The van der Waals surface area contributed by atoms with E-state index in [1.54, 1.807) is 7.11 Å². The van der Waals surface area contributed by atoms with Crippen molar-refractivity contribution in [3.8, 4) is 0 Å². The Kier molecular flexibility index (Phi) is 3.64. The van der Waals surface area contributed by atoms with Crippen molar-refractivity contribution in [3.05, 3.63) is 0 Å². The van der Waals surface area contributed by atoms with Gasteiger partial charge in [-0.1, -0.05) is 19.0 Å². The van der Waals surface area contributed by atoms with Crippen LogP contribution in [0.4, 0.5) is 0 Å². The lowest BCUT2D eigenvalue weighted by Crippen LogP contribution is -2.56. The summed E-state index contributed by atoms with van der Waals surface area (Å²) in [5.41, 5.74) is 1.38. The lowest BCUT2D eigenvalue weighted by molar-refractivity contribution is -0.144. The van der Waals surface area contributed by atoms with Crippen LogP contribution < -0.4 is 0 Å². The van der Waals surface area contributed by atoms with Gasteiger partial charge in [0.25, 0.3) is 0 Å². The number of nitrogens with zero attached hydrogens (tertiary/aromatic N) is 1. The molecule has 0 saturated heterocycles. The first-order valence-corrected chi connectivity index (χ1v) is 6.77. The number of hydrogen-bond donors (Lipinski definition) is 0. The number of esters is 1. The van der Waals surface area contributed by atoms with Crippen molar-refractivity contribution in [1.82, 2.24) is 0 Å². The van der Waals surface area contributed by atoms with Crippen LogP contribution in [0.5, 0.6) is 0 Å². The van der Waals surface area contributed by atoms with Crippen LogP contribution >= 0.6 is 0 Å². The number of carbonyl (C=O) groups is 1. The van der Waals surface area contributed by atoms with Crippen LogP contribution in [0.15, 0.2) is 5.16 Å². The van der Waals surface area contributed by atoms with E-state index in [1.165, 1.54) is 6.42 Å². The number of carbonyl (C=O) groups excluding carboxylic acids is 1. The quantitative estimate of drug-likeness (QED) is 0.571.